The van der Waals surface area contributed by atoms with Crippen molar-refractivity contribution < 1.29 is 9.59 Å². The van der Waals surface area contributed by atoms with E-state index in [1.54, 1.807) is 18.2 Å². The zero-order chi connectivity index (χ0) is 15.8. The molecule has 112 valence electrons. The lowest BCUT2D eigenvalue weighted by atomic mass is 9.81. The number of hydrogen-bond acceptors (Lipinski definition) is 3. The molecule has 2 N–H and O–H groups in total. The van der Waals surface area contributed by atoms with Crippen molar-refractivity contribution in [3.8, 4) is 0 Å². The van der Waals surface area contributed by atoms with Crippen LogP contribution in [0.5, 0.6) is 0 Å². The number of nitrogens with two attached hydrogens (primary N) is 1. The smallest absolute Gasteiger partial charge is 0.240 e. The number of halogens is 1. The highest BCUT2D eigenvalue weighted by Crippen LogP contribution is 2.42. The lowest BCUT2D eigenvalue weighted by molar-refractivity contribution is -0.126. The van der Waals surface area contributed by atoms with Gasteiger partial charge in [-0.05, 0) is 31.0 Å². The molecule has 0 radical (unpaired) electrons. The highest BCUT2D eigenvalue weighted by molar-refractivity contribution is 7.80. The Morgan fingerprint density at radius 3 is 2.43 bits per heavy atom. The van der Waals surface area contributed by atoms with Gasteiger partial charge in [0.05, 0.1) is 16.1 Å². The van der Waals surface area contributed by atoms with Crippen LogP contribution in [0, 0.1) is 5.41 Å². The molecule has 0 saturated carbocycles. The Balaban J connectivity index is 2.45. The van der Waals surface area contributed by atoms with Crippen molar-refractivity contribution >= 4 is 46.3 Å². The quantitative estimate of drug-likeness (QED) is 0.683. The maximum Gasteiger partial charge on any atom is 0.240 e. The van der Waals surface area contributed by atoms with E-state index in [1.807, 2.05) is 13.8 Å². The van der Waals surface area contributed by atoms with E-state index in [-0.39, 0.29) is 23.2 Å². The average Bonchev–Trinajstić information content (AvgIpc) is 2.70. The molecular weight excluding hydrogens is 308 g/mol. The van der Waals surface area contributed by atoms with Gasteiger partial charge in [-0.15, -0.1) is 0 Å². The molecule has 21 heavy (non-hydrogen) atoms. The second-order valence-electron chi connectivity index (χ2n) is 5.23. The van der Waals surface area contributed by atoms with Crippen LogP contribution in [0.1, 0.15) is 38.7 Å². The number of carbonyl (C=O) groups is 2. The first-order chi connectivity index (χ1) is 9.86. The Labute approximate surface area is 134 Å². The second kappa shape index (κ2) is 5.73. The van der Waals surface area contributed by atoms with Gasteiger partial charge in [-0.3, -0.25) is 9.59 Å². The molecule has 0 atom stereocenters. The molecule has 0 bridgehead atoms. The Kier molecular flexibility index (Phi) is 4.35. The molecule has 0 spiro atoms. The number of carbonyl (C=O) groups excluding carboxylic acids is 2. The Bertz CT molecular complexity index is 626. The summed E-state index contributed by atoms with van der Waals surface area (Å²) in [7, 11) is 0. The minimum Gasteiger partial charge on any atom is -0.389 e. The fraction of sp³-hybridized carbons (Fsp3) is 0.400. The van der Waals surface area contributed by atoms with Gasteiger partial charge in [-0.1, -0.05) is 37.7 Å². The predicted molar refractivity (Wildman–Crippen MR) is 87.5 cm³/mol. The van der Waals surface area contributed by atoms with Gasteiger partial charge in [0.2, 0.25) is 11.8 Å². The van der Waals surface area contributed by atoms with Crippen molar-refractivity contribution in [1.29, 1.82) is 0 Å². The third kappa shape index (κ3) is 2.56. The van der Waals surface area contributed by atoms with Crippen LogP contribution in [0.15, 0.2) is 18.2 Å². The third-order valence-corrected chi connectivity index (χ3v) is 4.76. The molecular formula is C15H17ClN2O2S. The minimum atomic E-state index is -0.609. The minimum absolute atomic E-state index is 0.178. The highest BCUT2D eigenvalue weighted by atomic mass is 35.5. The zero-order valence-electron chi connectivity index (χ0n) is 12.0. The first kappa shape index (κ1) is 15.9. The maximum absolute atomic E-state index is 12.7. The van der Waals surface area contributed by atoms with Crippen LogP contribution in [0.4, 0.5) is 5.69 Å². The number of thiocarbonyl (C=S) groups is 1. The Morgan fingerprint density at radius 1 is 1.38 bits per heavy atom. The first-order valence-electron chi connectivity index (χ1n) is 6.83. The van der Waals surface area contributed by atoms with E-state index in [9.17, 15) is 9.59 Å². The number of benzene rings is 1. The summed E-state index contributed by atoms with van der Waals surface area (Å²) < 4.78 is 0. The summed E-state index contributed by atoms with van der Waals surface area (Å²) in [6.07, 6.45) is 1.49. The largest absolute Gasteiger partial charge is 0.389 e. The van der Waals surface area contributed by atoms with Gasteiger partial charge < -0.3 is 5.73 Å². The van der Waals surface area contributed by atoms with Crippen LogP contribution in [0.3, 0.4) is 0 Å². The molecule has 0 aliphatic carbocycles. The van der Waals surface area contributed by atoms with E-state index >= 15 is 0 Å². The molecule has 0 aromatic heterocycles. The standard InChI is InChI=1S/C15H17ClN2O2S/c1-3-15(4-2)8-12(19)18(14(15)20)11-6-5-9(13(17)21)7-10(11)16/h5-7H,3-4,8H2,1-2H3,(H2,17,21). The van der Waals surface area contributed by atoms with Crippen LogP contribution < -0.4 is 10.6 Å². The molecule has 6 heteroatoms. The average molecular weight is 325 g/mol. The lowest BCUT2D eigenvalue weighted by Crippen LogP contribution is -2.35. The SMILES string of the molecule is CCC1(CC)CC(=O)N(c2ccc(C(N)=S)cc2Cl)C1=O. The molecule has 1 aliphatic rings. The van der Waals surface area contributed by atoms with Crippen molar-refractivity contribution in [2.24, 2.45) is 11.1 Å². The lowest BCUT2D eigenvalue weighted by Gasteiger charge is -2.24. The normalized spacial score (nSPS) is 17.4. The van der Waals surface area contributed by atoms with Crippen molar-refractivity contribution in [2.75, 3.05) is 4.90 Å². The van der Waals surface area contributed by atoms with Gasteiger partial charge in [-0.2, -0.15) is 0 Å². The van der Waals surface area contributed by atoms with Gasteiger partial charge in [0.1, 0.15) is 4.99 Å². The maximum atomic E-state index is 12.7. The Hall–Kier alpha value is -1.46. The van der Waals surface area contributed by atoms with Gasteiger partial charge in [0.15, 0.2) is 0 Å². The summed E-state index contributed by atoms with van der Waals surface area (Å²) in [6.45, 7) is 3.85. The number of anilines is 1. The number of hydrogen-bond donors (Lipinski definition) is 1. The molecule has 2 amide bonds. The van der Waals surface area contributed by atoms with Crippen molar-refractivity contribution in [3.63, 3.8) is 0 Å². The topological polar surface area (TPSA) is 63.4 Å². The molecule has 4 nitrogen and oxygen atoms in total. The van der Waals surface area contributed by atoms with Crippen LogP contribution in [0.25, 0.3) is 0 Å². The molecule has 1 heterocycles. The van der Waals surface area contributed by atoms with Gasteiger partial charge >= 0.3 is 0 Å². The monoisotopic (exact) mass is 324 g/mol. The highest BCUT2D eigenvalue weighted by Gasteiger charge is 2.50. The first-order valence-corrected chi connectivity index (χ1v) is 7.61. The van der Waals surface area contributed by atoms with Crippen molar-refractivity contribution in [1.82, 2.24) is 0 Å². The number of rotatable bonds is 4. The van der Waals surface area contributed by atoms with Crippen molar-refractivity contribution in [2.45, 2.75) is 33.1 Å². The summed E-state index contributed by atoms with van der Waals surface area (Å²) in [5.74, 6) is -0.392. The van der Waals surface area contributed by atoms with Crippen LogP contribution in [-0.2, 0) is 9.59 Å². The Morgan fingerprint density at radius 2 is 2.00 bits per heavy atom. The predicted octanol–water partition coefficient (Wildman–Crippen LogP) is 3.04. The van der Waals surface area contributed by atoms with Crippen LogP contribution >= 0.6 is 23.8 Å². The van der Waals surface area contributed by atoms with E-state index in [1.165, 1.54) is 4.90 Å². The van der Waals surface area contributed by atoms with E-state index < -0.39 is 5.41 Å². The summed E-state index contributed by atoms with van der Waals surface area (Å²) in [5, 5.41) is 0.296. The van der Waals surface area contributed by atoms with Crippen LogP contribution in [-0.4, -0.2) is 16.8 Å². The molecule has 1 aliphatic heterocycles. The molecule has 1 aromatic carbocycles. The van der Waals surface area contributed by atoms with Gasteiger partial charge in [0.25, 0.3) is 0 Å². The van der Waals surface area contributed by atoms with Gasteiger partial charge in [-0.25, -0.2) is 4.90 Å². The van der Waals surface area contributed by atoms with E-state index in [2.05, 4.69) is 0 Å². The van der Waals surface area contributed by atoms with E-state index in [0.29, 0.717) is 29.1 Å². The van der Waals surface area contributed by atoms with Crippen molar-refractivity contribution in [3.05, 3.63) is 28.8 Å². The zero-order valence-corrected chi connectivity index (χ0v) is 13.6. The molecule has 2 rings (SSSR count). The number of imide groups is 1. The fourth-order valence-electron chi connectivity index (χ4n) is 2.68. The second-order valence-corrected chi connectivity index (χ2v) is 6.08. The third-order valence-electron chi connectivity index (χ3n) is 4.22. The molecule has 1 saturated heterocycles. The van der Waals surface area contributed by atoms with E-state index in [4.69, 9.17) is 29.6 Å². The van der Waals surface area contributed by atoms with Crippen LogP contribution in [0.2, 0.25) is 5.02 Å². The van der Waals surface area contributed by atoms with Gasteiger partial charge in [0, 0.05) is 12.0 Å². The molecule has 0 unspecified atom stereocenters. The summed E-state index contributed by atoms with van der Waals surface area (Å²) in [6, 6.07) is 4.87. The summed E-state index contributed by atoms with van der Waals surface area (Å²) in [4.78, 5) is 26.4. The molecule has 1 aromatic rings. The summed E-state index contributed by atoms with van der Waals surface area (Å²) >= 11 is 11.1. The molecule has 1 fully saturated rings. The number of amides is 2. The number of nitrogens with zero attached hydrogens (tertiary/aromatic N) is 1. The fourth-order valence-corrected chi connectivity index (χ4v) is 3.07. The van der Waals surface area contributed by atoms with E-state index in [0.717, 1.165) is 0 Å². The summed E-state index contributed by atoms with van der Waals surface area (Å²) in [5.41, 5.74) is 5.95.